The van der Waals surface area contributed by atoms with Gasteiger partial charge in [0.05, 0.1) is 21.5 Å². The molecule has 0 aliphatic carbocycles. The highest BCUT2D eigenvalue weighted by atomic mass is 79.9. The quantitative estimate of drug-likeness (QED) is 0.895. The lowest BCUT2D eigenvalue weighted by Gasteiger charge is -2.11. The van der Waals surface area contributed by atoms with Crippen LogP contribution < -0.4 is 5.73 Å². The molecule has 2 rings (SSSR count). The monoisotopic (exact) mass is 371 g/mol. The van der Waals surface area contributed by atoms with E-state index in [1.54, 1.807) is 0 Å². The van der Waals surface area contributed by atoms with Gasteiger partial charge in [-0.1, -0.05) is 22.0 Å². The van der Waals surface area contributed by atoms with Gasteiger partial charge in [0.15, 0.2) is 0 Å². The number of nitrogens with two attached hydrogens (primary N) is 1. The highest BCUT2D eigenvalue weighted by molar-refractivity contribution is 9.10. The third-order valence-electron chi connectivity index (χ3n) is 2.89. The van der Waals surface area contributed by atoms with Crippen LogP contribution >= 0.6 is 31.9 Å². The molecule has 0 aliphatic heterocycles. The molecule has 0 unspecified atom stereocenters. The van der Waals surface area contributed by atoms with Crippen molar-refractivity contribution in [3.8, 4) is 5.69 Å². The standard InChI is InChI=1S/C13H15Br2N3/c1-8-13(15)9(2)18(17-8)12-7-11(14)4-3-10(12)5-6-16/h3-4,7H,5-6,16H2,1-2H3. The molecule has 0 aliphatic rings. The summed E-state index contributed by atoms with van der Waals surface area (Å²) in [5.41, 5.74) is 10.1. The van der Waals surface area contributed by atoms with E-state index in [1.165, 1.54) is 5.56 Å². The fourth-order valence-electron chi connectivity index (χ4n) is 1.96. The van der Waals surface area contributed by atoms with Gasteiger partial charge >= 0.3 is 0 Å². The van der Waals surface area contributed by atoms with Crippen molar-refractivity contribution in [2.24, 2.45) is 5.73 Å². The third kappa shape index (κ3) is 2.53. The highest BCUT2D eigenvalue weighted by Crippen LogP contribution is 2.26. The van der Waals surface area contributed by atoms with E-state index in [0.717, 1.165) is 32.4 Å². The summed E-state index contributed by atoms with van der Waals surface area (Å²) in [6.07, 6.45) is 0.846. The van der Waals surface area contributed by atoms with Crippen LogP contribution in [0, 0.1) is 13.8 Å². The second-order valence-electron chi connectivity index (χ2n) is 4.21. The van der Waals surface area contributed by atoms with Gasteiger partial charge in [0.1, 0.15) is 0 Å². The fourth-order valence-corrected chi connectivity index (χ4v) is 2.56. The van der Waals surface area contributed by atoms with Crippen LogP contribution in [0.15, 0.2) is 27.1 Å². The molecule has 5 heteroatoms. The van der Waals surface area contributed by atoms with Crippen molar-refractivity contribution in [1.29, 1.82) is 0 Å². The minimum absolute atomic E-state index is 0.634. The van der Waals surface area contributed by atoms with E-state index in [-0.39, 0.29) is 0 Å². The first kappa shape index (κ1) is 13.8. The van der Waals surface area contributed by atoms with Crippen molar-refractivity contribution in [1.82, 2.24) is 9.78 Å². The first-order valence-electron chi connectivity index (χ1n) is 5.75. The van der Waals surface area contributed by atoms with E-state index in [4.69, 9.17) is 5.73 Å². The number of hydrogen-bond acceptors (Lipinski definition) is 2. The Morgan fingerprint density at radius 3 is 2.56 bits per heavy atom. The topological polar surface area (TPSA) is 43.8 Å². The van der Waals surface area contributed by atoms with Crippen molar-refractivity contribution in [2.75, 3.05) is 6.54 Å². The molecule has 18 heavy (non-hydrogen) atoms. The number of aryl methyl sites for hydroxylation is 1. The van der Waals surface area contributed by atoms with Gasteiger partial charge in [-0.15, -0.1) is 0 Å². The average molecular weight is 373 g/mol. The van der Waals surface area contributed by atoms with E-state index >= 15 is 0 Å². The molecule has 96 valence electrons. The zero-order chi connectivity index (χ0) is 13.3. The minimum Gasteiger partial charge on any atom is -0.330 e. The summed E-state index contributed by atoms with van der Waals surface area (Å²) in [6.45, 7) is 4.68. The largest absolute Gasteiger partial charge is 0.330 e. The Bertz CT molecular complexity index is 576. The van der Waals surface area contributed by atoms with Crippen molar-refractivity contribution in [3.63, 3.8) is 0 Å². The maximum Gasteiger partial charge on any atom is 0.0743 e. The zero-order valence-corrected chi connectivity index (χ0v) is 13.5. The summed E-state index contributed by atoms with van der Waals surface area (Å²) in [5, 5.41) is 4.57. The number of hydrogen-bond donors (Lipinski definition) is 1. The lowest BCUT2D eigenvalue weighted by molar-refractivity contribution is 0.812. The molecular formula is C13H15Br2N3. The maximum absolute atomic E-state index is 5.67. The van der Waals surface area contributed by atoms with Crippen LogP contribution in [0.3, 0.4) is 0 Å². The van der Waals surface area contributed by atoms with Crippen molar-refractivity contribution < 1.29 is 0 Å². The lowest BCUT2D eigenvalue weighted by atomic mass is 10.1. The Labute approximate surface area is 124 Å². The van der Waals surface area contributed by atoms with Gasteiger partial charge in [-0.3, -0.25) is 0 Å². The van der Waals surface area contributed by atoms with E-state index in [1.807, 2.05) is 17.7 Å². The molecule has 3 nitrogen and oxygen atoms in total. The van der Waals surface area contributed by atoms with E-state index < -0.39 is 0 Å². The summed E-state index contributed by atoms with van der Waals surface area (Å²) in [4.78, 5) is 0. The molecule has 2 N–H and O–H groups in total. The van der Waals surface area contributed by atoms with E-state index in [9.17, 15) is 0 Å². The molecule has 0 saturated heterocycles. The minimum atomic E-state index is 0.634. The maximum atomic E-state index is 5.67. The van der Waals surface area contributed by atoms with Gasteiger partial charge < -0.3 is 5.73 Å². The van der Waals surface area contributed by atoms with Crippen molar-refractivity contribution in [2.45, 2.75) is 20.3 Å². The first-order chi connectivity index (χ1) is 8.54. The van der Waals surface area contributed by atoms with E-state index in [2.05, 4.69) is 56.0 Å². The van der Waals surface area contributed by atoms with Crippen LogP contribution in [-0.4, -0.2) is 16.3 Å². The van der Waals surface area contributed by atoms with Gasteiger partial charge in [0.25, 0.3) is 0 Å². The van der Waals surface area contributed by atoms with Crippen LogP contribution in [0.1, 0.15) is 17.0 Å². The molecule has 0 fully saturated rings. The van der Waals surface area contributed by atoms with Crippen LogP contribution in [0.25, 0.3) is 5.69 Å². The molecule has 0 bridgehead atoms. The summed E-state index contributed by atoms with van der Waals surface area (Å²) in [7, 11) is 0. The number of halogens is 2. The number of rotatable bonds is 3. The molecule has 0 amide bonds. The fraction of sp³-hybridized carbons (Fsp3) is 0.308. The zero-order valence-electron chi connectivity index (χ0n) is 10.4. The molecule has 1 aromatic carbocycles. The lowest BCUT2D eigenvalue weighted by Crippen LogP contribution is -2.08. The van der Waals surface area contributed by atoms with E-state index in [0.29, 0.717) is 6.54 Å². The number of benzene rings is 1. The van der Waals surface area contributed by atoms with Crippen LogP contribution in [0.2, 0.25) is 0 Å². The van der Waals surface area contributed by atoms with Crippen molar-refractivity contribution in [3.05, 3.63) is 44.1 Å². The average Bonchev–Trinajstić information content (AvgIpc) is 2.60. The summed E-state index contributed by atoms with van der Waals surface area (Å²) in [5.74, 6) is 0. The molecule has 1 aromatic heterocycles. The molecular weight excluding hydrogens is 358 g/mol. The molecule has 2 aromatic rings. The Morgan fingerprint density at radius 1 is 1.28 bits per heavy atom. The van der Waals surface area contributed by atoms with Crippen LogP contribution in [0.5, 0.6) is 0 Å². The SMILES string of the molecule is Cc1nn(-c2cc(Br)ccc2CCN)c(C)c1Br. The predicted octanol–water partition coefficient (Wildman–Crippen LogP) is 3.52. The first-order valence-corrected chi connectivity index (χ1v) is 7.33. The van der Waals surface area contributed by atoms with Crippen molar-refractivity contribution >= 4 is 31.9 Å². The summed E-state index contributed by atoms with van der Waals surface area (Å²) < 4.78 is 4.07. The Morgan fingerprint density at radius 2 is 2.00 bits per heavy atom. The Balaban J connectivity index is 2.61. The van der Waals surface area contributed by atoms with Gasteiger partial charge in [0, 0.05) is 4.47 Å². The molecule has 0 atom stereocenters. The second kappa shape index (κ2) is 5.55. The summed E-state index contributed by atoms with van der Waals surface area (Å²) >= 11 is 7.07. The predicted molar refractivity (Wildman–Crippen MR) is 81.2 cm³/mol. The van der Waals surface area contributed by atoms with Crippen LogP contribution in [-0.2, 0) is 6.42 Å². The highest BCUT2D eigenvalue weighted by Gasteiger charge is 2.13. The third-order valence-corrected chi connectivity index (χ3v) is 4.53. The normalized spacial score (nSPS) is 10.9. The Hall–Kier alpha value is -0.650. The molecule has 0 saturated carbocycles. The number of aromatic nitrogens is 2. The van der Waals surface area contributed by atoms with Gasteiger partial charge in [-0.05, 0) is 60.4 Å². The molecule has 1 heterocycles. The second-order valence-corrected chi connectivity index (χ2v) is 5.92. The van der Waals surface area contributed by atoms with Gasteiger partial charge in [0.2, 0.25) is 0 Å². The van der Waals surface area contributed by atoms with Gasteiger partial charge in [-0.2, -0.15) is 5.10 Å². The molecule has 0 spiro atoms. The Kier molecular flexibility index (Phi) is 4.25. The smallest absolute Gasteiger partial charge is 0.0743 e. The number of nitrogens with zero attached hydrogens (tertiary/aromatic N) is 2. The molecule has 0 radical (unpaired) electrons. The summed E-state index contributed by atoms with van der Waals surface area (Å²) in [6, 6.07) is 6.21. The van der Waals surface area contributed by atoms with Crippen LogP contribution in [0.4, 0.5) is 0 Å². The van der Waals surface area contributed by atoms with Gasteiger partial charge in [-0.25, -0.2) is 4.68 Å².